The average molecular weight is 276 g/mol. The van der Waals surface area contributed by atoms with Crippen molar-refractivity contribution in [2.24, 2.45) is 9.98 Å². The summed E-state index contributed by atoms with van der Waals surface area (Å²) in [4.78, 5) is 13.5. The molecule has 0 aliphatic carbocycles. The molecule has 0 spiro atoms. The van der Waals surface area contributed by atoms with E-state index in [2.05, 4.69) is 45.5 Å². The smallest absolute Gasteiger partial charge is 0.141 e. The van der Waals surface area contributed by atoms with Crippen LogP contribution >= 0.6 is 11.3 Å². The molecule has 1 aliphatic rings. The Hall–Kier alpha value is -1.62. The Labute approximate surface area is 118 Å². The second-order valence-corrected chi connectivity index (χ2v) is 5.57. The Morgan fingerprint density at radius 3 is 2.42 bits per heavy atom. The summed E-state index contributed by atoms with van der Waals surface area (Å²) in [5, 5.41) is 3.26. The Bertz CT molecular complexity index is 526. The fraction of sp³-hybridized carbons (Fsp3) is 0.429. The van der Waals surface area contributed by atoms with Crippen molar-refractivity contribution in [1.29, 1.82) is 0 Å². The largest absolute Gasteiger partial charge is 0.362 e. The minimum Gasteiger partial charge on any atom is -0.362 e. The number of hydrogen-bond acceptors (Lipinski definition) is 5. The molecule has 1 aromatic heterocycles. The van der Waals surface area contributed by atoms with E-state index < -0.39 is 0 Å². The number of allylic oxidation sites excluding steroid dienone is 1. The van der Waals surface area contributed by atoms with Crippen LogP contribution in [0, 0.1) is 0 Å². The first-order chi connectivity index (χ1) is 9.04. The fourth-order valence-electron chi connectivity index (χ4n) is 2.07. The third-order valence-electron chi connectivity index (χ3n) is 2.97. The van der Waals surface area contributed by atoms with E-state index in [9.17, 15) is 0 Å². The monoisotopic (exact) mass is 276 g/mol. The van der Waals surface area contributed by atoms with E-state index in [1.807, 2.05) is 32.8 Å². The van der Waals surface area contributed by atoms with Gasteiger partial charge in [-0.2, -0.15) is 0 Å². The topological polar surface area (TPSA) is 31.2 Å². The summed E-state index contributed by atoms with van der Waals surface area (Å²) in [7, 11) is 6.09. The maximum Gasteiger partial charge on any atom is 0.141 e. The second kappa shape index (κ2) is 5.57. The minimum absolute atomic E-state index is 0.0430. The molecule has 0 aromatic carbocycles. The predicted octanol–water partition coefficient (Wildman–Crippen LogP) is 2.85. The average Bonchev–Trinajstić information content (AvgIpc) is 2.90. The first kappa shape index (κ1) is 13.8. The van der Waals surface area contributed by atoms with Crippen LogP contribution in [0.25, 0.3) is 0 Å². The van der Waals surface area contributed by atoms with Crippen LogP contribution in [0.4, 0.5) is 5.00 Å². The predicted molar refractivity (Wildman–Crippen MR) is 84.5 cm³/mol. The van der Waals surface area contributed by atoms with Crippen molar-refractivity contribution < 1.29 is 0 Å². The molecule has 0 bridgehead atoms. The van der Waals surface area contributed by atoms with Crippen molar-refractivity contribution in [3.8, 4) is 0 Å². The van der Waals surface area contributed by atoms with Gasteiger partial charge in [-0.1, -0.05) is 6.08 Å². The van der Waals surface area contributed by atoms with Gasteiger partial charge in [-0.15, -0.1) is 11.3 Å². The molecule has 1 aromatic rings. The Morgan fingerprint density at radius 1 is 1.21 bits per heavy atom. The molecular weight excluding hydrogens is 256 g/mol. The zero-order chi connectivity index (χ0) is 14.0. The molecular formula is C14H20N4S. The molecule has 2 heterocycles. The highest BCUT2D eigenvalue weighted by atomic mass is 32.1. The number of hydrogen-bond donors (Lipinski definition) is 0. The summed E-state index contributed by atoms with van der Waals surface area (Å²) in [6, 6.07) is 4.16. The van der Waals surface area contributed by atoms with E-state index >= 15 is 0 Å². The van der Waals surface area contributed by atoms with Gasteiger partial charge in [0.25, 0.3) is 0 Å². The van der Waals surface area contributed by atoms with Crippen LogP contribution in [-0.4, -0.2) is 43.9 Å². The fourth-order valence-corrected chi connectivity index (χ4v) is 2.77. The highest BCUT2D eigenvalue weighted by Crippen LogP contribution is 2.25. The molecule has 19 heavy (non-hydrogen) atoms. The molecule has 0 N–H and O–H groups in total. The molecule has 5 heteroatoms. The number of anilines is 1. The maximum absolute atomic E-state index is 4.69. The van der Waals surface area contributed by atoms with E-state index in [0.29, 0.717) is 0 Å². The van der Waals surface area contributed by atoms with Crippen LogP contribution in [0.15, 0.2) is 39.1 Å². The molecule has 0 fully saturated rings. The van der Waals surface area contributed by atoms with Gasteiger partial charge >= 0.3 is 0 Å². The summed E-state index contributed by atoms with van der Waals surface area (Å²) >= 11 is 1.71. The lowest BCUT2D eigenvalue weighted by atomic mass is 10.1. The third kappa shape index (κ3) is 2.71. The van der Waals surface area contributed by atoms with Crippen molar-refractivity contribution in [1.82, 2.24) is 4.90 Å². The molecule has 0 radical (unpaired) electrons. The summed E-state index contributed by atoms with van der Waals surface area (Å²) < 4.78 is 0. The van der Waals surface area contributed by atoms with Gasteiger partial charge in [-0.25, -0.2) is 9.98 Å². The van der Waals surface area contributed by atoms with Crippen molar-refractivity contribution in [2.45, 2.75) is 20.0 Å². The van der Waals surface area contributed by atoms with Gasteiger partial charge in [-0.05, 0) is 31.4 Å². The Morgan fingerprint density at radius 2 is 1.89 bits per heavy atom. The van der Waals surface area contributed by atoms with Crippen molar-refractivity contribution in [3.63, 3.8) is 0 Å². The SMILES string of the molecule is CC=C1C(N(C)C)=NC(C)N=C1N(C)c1cccs1. The second-order valence-electron chi connectivity index (χ2n) is 4.64. The highest BCUT2D eigenvalue weighted by molar-refractivity contribution is 7.14. The van der Waals surface area contributed by atoms with Gasteiger partial charge in [0.1, 0.15) is 17.8 Å². The van der Waals surface area contributed by atoms with Gasteiger partial charge in [0, 0.05) is 21.1 Å². The molecule has 0 saturated carbocycles. The van der Waals surface area contributed by atoms with Gasteiger partial charge < -0.3 is 9.80 Å². The molecule has 0 saturated heterocycles. The summed E-state index contributed by atoms with van der Waals surface area (Å²) in [6.07, 6.45) is 2.03. The van der Waals surface area contributed by atoms with Crippen molar-refractivity contribution >= 4 is 28.0 Å². The van der Waals surface area contributed by atoms with Crippen LogP contribution in [-0.2, 0) is 0 Å². The van der Waals surface area contributed by atoms with Crippen LogP contribution in [0.3, 0.4) is 0 Å². The van der Waals surface area contributed by atoms with Crippen LogP contribution in [0.2, 0.25) is 0 Å². The highest BCUT2D eigenvalue weighted by Gasteiger charge is 2.25. The van der Waals surface area contributed by atoms with Crippen molar-refractivity contribution in [2.75, 3.05) is 26.0 Å². The molecule has 0 amide bonds. The van der Waals surface area contributed by atoms with E-state index in [1.54, 1.807) is 11.3 Å². The van der Waals surface area contributed by atoms with Gasteiger partial charge in [0.2, 0.25) is 0 Å². The van der Waals surface area contributed by atoms with E-state index in [1.165, 1.54) is 5.00 Å². The molecule has 1 aliphatic heterocycles. The van der Waals surface area contributed by atoms with Gasteiger partial charge in [0.15, 0.2) is 0 Å². The summed E-state index contributed by atoms with van der Waals surface area (Å²) in [5.74, 6) is 1.97. The first-order valence-corrected chi connectivity index (χ1v) is 7.19. The molecule has 1 atom stereocenters. The first-order valence-electron chi connectivity index (χ1n) is 6.31. The van der Waals surface area contributed by atoms with E-state index in [-0.39, 0.29) is 6.17 Å². The van der Waals surface area contributed by atoms with Crippen LogP contribution in [0.5, 0.6) is 0 Å². The number of nitrogens with zero attached hydrogens (tertiary/aromatic N) is 4. The molecule has 102 valence electrons. The number of aliphatic imine (C=N–C) groups is 2. The summed E-state index contributed by atoms with van der Waals surface area (Å²) in [5.41, 5.74) is 1.08. The lowest BCUT2D eigenvalue weighted by Gasteiger charge is -2.29. The van der Waals surface area contributed by atoms with E-state index in [0.717, 1.165) is 17.2 Å². The maximum atomic E-state index is 4.69. The van der Waals surface area contributed by atoms with Gasteiger partial charge in [0.05, 0.1) is 10.6 Å². The van der Waals surface area contributed by atoms with Crippen LogP contribution in [0.1, 0.15) is 13.8 Å². The minimum atomic E-state index is -0.0430. The lowest BCUT2D eigenvalue weighted by Crippen LogP contribution is -2.39. The Balaban J connectivity index is 2.39. The van der Waals surface area contributed by atoms with Crippen LogP contribution < -0.4 is 4.90 Å². The number of amidine groups is 2. The lowest BCUT2D eigenvalue weighted by molar-refractivity contribution is 0.605. The number of thiophene rings is 1. The Kier molecular flexibility index (Phi) is 4.04. The normalized spacial score (nSPS) is 21.1. The quantitative estimate of drug-likeness (QED) is 0.790. The number of rotatable bonds is 1. The zero-order valence-electron chi connectivity index (χ0n) is 12.1. The van der Waals surface area contributed by atoms with Crippen molar-refractivity contribution in [3.05, 3.63) is 29.2 Å². The van der Waals surface area contributed by atoms with Gasteiger partial charge in [-0.3, -0.25) is 0 Å². The zero-order valence-corrected chi connectivity index (χ0v) is 12.9. The molecule has 1 unspecified atom stereocenters. The molecule has 4 nitrogen and oxygen atoms in total. The summed E-state index contributed by atoms with van der Waals surface area (Å²) in [6.45, 7) is 4.04. The number of likely N-dealkylation sites (N-methyl/N-ethyl adjacent to an activating group) is 2. The third-order valence-corrected chi connectivity index (χ3v) is 3.91. The molecule has 2 rings (SSSR count). The van der Waals surface area contributed by atoms with E-state index in [4.69, 9.17) is 0 Å². The standard InChI is InChI=1S/C14H20N4S/c1-6-11-13(17(3)4)15-10(2)16-14(11)18(5)12-8-7-9-19-12/h6-10H,1-5H3.